The van der Waals surface area contributed by atoms with Crippen LogP contribution in [-0.4, -0.2) is 23.0 Å². The van der Waals surface area contributed by atoms with Crippen LogP contribution < -0.4 is 11.2 Å². The Morgan fingerprint density at radius 3 is 2.75 bits per heavy atom. The van der Waals surface area contributed by atoms with Crippen LogP contribution in [0.15, 0.2) is 29.4 Å². The quantitative estimate of drug-likeness (QED) is 0.295. The Kier molecular flexibility index (Phi) is 4.99. The smallest absolute Gasteiger partial charge is 0.184 e. The second kappa shape index (κ2) is 6.56. The third kappa shape index (κ3) is 4.55. The van der Waals surface area contributed by atoms with E-state index in [1.807, 2.05) is 24.3 Å². The molecule has 0 aliphatic rings. The number of aliphatic hydroxyl groups is 1. The number of benzene rings is 1. The molecule has 0 aromatic heterocycles. The second-order valence-electron chi connectivity index (χ2n) is 2.82. The number of thiocarbonyl (C=S) groups is 1. The van der Waals surface area contributed by atoms with Gasteiger partial charge in [-0.2, -0.15) is 5.10 Å². The molecule has 0 unspecified atom stereocenters. The number of rotatable bonds is 2. The van der Waals surface area contributed by atoms with Gasteiger partial charge < -0.3 is 10.8 Å². The van der Waals surface area contributed by atoms with Crippen LogP contribution in [0.3, 0.4) is 0 Å². The van der Waals surface area contributed by atoms with Gasteiger partial charge in [0.1, 0.15) is 6.61 Å². The highest BCUT2D eigenvalue weighted by Crippen LogP contribution is 2.00. The van der Waals surface area contributed by atoms with E-state index in [2.05, 4.69) is 34.6 Å². The molecule has 16 heavy (non-hydrogen) atoms. The van der Waals surface area contributed by atoms with E-state index in [9.17, 15) is 0 Å². The van der Waals surface area contributed by atoms with E-state index in [1.54, 1.807) is 6.21 Å². The van der Waals surface area contributed by atoms with Crippen LogP contribution in [0.5, 0.6) is 0 Å². The Labute approximate surface area is 99.2 Å². The lowest BCUT2D eigenvalue weighted by Gasteiger charge is -1.95. The standard InChI is InChI=1S/C11H11N3OS/c12-11(16)14-13-8-10-5-3-9(4-6-10)2-1-7-15/h3-6,8,15H,7H2,(H3,12,14,16). The van der Waals surface area contributed by atoms with Gasteiger partial charge in [-0.25, -0.2) is 0 Å². The first-order valence-electron chi connectivity index (χ1n) is 4.50. The van der Waals surface area contributed by atoms with Crippen molar-refractivity contribution < 1.29 is 5.11 Å². The molecule has 0 radical (unpaired) electrons. The van der Waals surface area contributed by atoms with Crippen molar-refractivity contribution >= 4 is 23.5 Å². The summed E-state index contributed by atoms with van der Waals surface area (Å²) in [5, 5.41) is 12.5. The highest BCUT2D eigenvalue weighted by molar-refractivity contribution is 7.80. The van der Waals surface area contributed by atoms with Gasteiger partial charge in [0, 0.05) is 5.56 Å². The van der Waals surface area contributed by atoms with Crippen LogP contribution in [0.1, 0.15) is 11.1 Å². The number of nitrogens with zero attached hydrogens (tertiary/aromatic N) is 1. The molecule has 0 bridgehead atoms. The minimum atomic E-state index is -0.138. The number of aliphatic hydroxyl groups excluding tert-OH is 1. The molecule has 1 aromatic carbocycles. The first-order valence-corrected chi connectivity index (χ1v) is 4.91. The Balaban J connectivity index is 2.64. The summed E-state index contributed by atoms with van der Waals surface area (Å²) in [6.07, 6.45) is 1.60. The predicted molar refractivity (Wildman–Crippen MR) is 67.9 cm³/mol. The van der Waals surface area contributed by atoms with Crippen molar-refractivity contribution in [3.63, 3.8) is 0 Å². The monoisotopic (exact) mass is 233 g/mol. The SMILES string of the molecule is NC(=S)NN=Cc1ccc(C#CCO)cc1. The van der Waals surface area contributed by atoms with Gasteiger partial charge in [0.2, 0.25) is 0 Å². The van der Waals surface area contributed by atoms with E-state index in [4.69, 9.17) is 10.8 Å². The highest BCUT2D eigenvalue weighted by atomic mass is 32.1. The fraction of sp³-hybridized carbons (Fsp3) is 0.0909. The Morgan fingerprint density at radius 1 is 1.50 bits per heavy atom. The van der Waals surface area contributed by atoms with Crippen molar-refractivity contribution in [1.29, 1.82) is 0 Å². The molecule has 5 heteroatoms. The fourth-order valence-electron chi connectivity index (χ4n) is 0.965. The van der Waals surface area contributed by atoms with Crippen molar-refractivity contribution in [2.75, 3.05) is 6.61 Å². The number of hydrogen-bond donors (Lipinski definition) is 3. The lowest BCUT2D eigenvalue weighted by Crippen LogP contribution is -2.23. The molecule has 1 rings (SSSR count). The lowest BCUT2D eigenvalue weighted by molar-refractivity contribution is 0.350. The Bertz CT molecular complexity index is 443. The minimum Gasteiger partial charge on any atom is -0.384 e. The third-order valence-corrected chi connectivity index (χ3v) is 1.70. The highest BCUT2D eigenvalue weighted by Gasteiger charge is 1.89. The average molecular weight is 233 g/mol. The predicted octanol–water partition coefficient (Wildman–Crippen LogP) is 0.198. The summed E-state index contributed by atoms with van der Waals surface area (Å²) >= 11 is 4.59. The van der Waals surface area contributed by atoms with E-state index in [-0.39, 0.29) is 11.7 Å². The number of hydrazone groups is 1. The van der Waals surface area contributed by atoms with Gasteiger partial charge in [0.05, 0.1) is 6.21 Å². The number of nitrogens with one attached hydrogen (secondary N) is 1. The van der Waals surface area contributed by atoms with E-state index < -0.39 is 0 Å². The van der Waals surface area contributed by atoms with Crippen LogP contribution in [0.4, 0.5) is 0 Å². The molecule has 4 N–H and O–H groups in total. The van der Waals surface area contributed by atoms with Crippen molar-refractivity contribution in [3.8, 4) is 11.8 Å². The summed E-state index contributed by atoms with van der Waals surface area (Å²) in [4.78, 5) is 0. The summed E-state index contributed by atoms with van der Waals surface area (Å²) in [6.45, 7) is -0.138. The van der Waals surface area contributed by atoms with Gasteiger partial charge in [-0.1, -0.05) is 24.0 Å². The number of nitrogens with two attached hydrogens (primary N) is 1. The normalized spacial score (nSPS) is 9.56. The van der Waals surface area contributed by atoms with Crippen LogP contribution in [0.2, 0.25) is 0 Å². The van der Waals surface area contributed by atoms with Crippen molar-refractivity contribution in [1.82, 2.24) is 5.43 Å². The molecule has 0 atom stereocenters. The van der Waals surface area contributed by atoms with Crippen LogP contribution >= 0.6 is 12.2 Å². The van der Waals surface area contributed by atoms with E-state index in [0.29, 0.717) is 0 Å². The maximum absolute atomic E-state index is 8.52. The molecular formula is C11H11N3OS. The number of hydrogen-bond acceptors (Lipinski definition) is 3. The maximum Gasteiger partial charge on any atom is 0.184 e. The molecule has 0 saturated heterocycles. The summed E-state index contributed by atoms with van der Waals surface area (Å²) in [6, 6.07) is 7.38. The van der Waals surface area contributed by atoms with Crippen LogP contribution in [-0.2, 0) is 0 Å². The molecule has 4 nitrogen and oxygen atoms in total. The molecule has 0 heterocycles. The third-order valence-electron chi connectivity index (χ3n) is 1.61. The Morgan fingerprint density at radius 2 is 2.19 bits per heavy atom. The van der Waals surface area contributed by atoms with Crippen LogP contribution in [0.25, 0.3) is 0 Å². The average Bonchev–Trinajstić information content (AvgIpc) is 2.27. The lowest BCUT2D eigenvalue weighted by atomic mass is 10.1. The zero-order valence-corrected chi connectivity index (χ0v) is 9.29. The minimum absolute atomic E-state index is 0.127. The summed E-state index contributed by atoms with van der Waals surface area (Å²) in [5.74, 6) is 5.36. The second-order valence-corrected chi connectivity index (χ2v) is 3.26. The summed E-state index contributed by atoms with van der Waals surface area (Å²) in [7, 11) is 0. The molecule has 0 saturated carbocycles. The van der Waals surface area contributed by atoms with Crippen molar-refractivity contribution in [3.05, 3.63) is 35.4 Å². The van der Waals surface area contributed by atoms with Crippen LogP contribution in [0, 0.1) is 11.8 Å². The molecule has 0 spiro atoms. The zero-order valence-electron chi connectivity index (χ0n) is 8.47. The summed E-state index contributed by atoms with van der Waals surface area (Å²) in [5.41, 5.74) is 9.40. The van der Waals surface area contributed by atoms with E-state index >= 15 is 0 Å². The van der Waals surface area contributed by atoms with Gasteiger partial charge >= 0.3 is 0 Å². The largest absolute Gasteiger partial charge is 0.384 e. The summed E-state index contributed by atoms with van der Waals surface area (Å²) < 4.78 is 0. The molecular weight excluding hydrogens is 222 g/mol. The van der Waals surface area contributed by atoms with Gasteiger partial charge in [0.25, 0.3) is 0 Å². The molecule has 82 valence electrons. The topological polar surface area (TPSA) is 70.6 Å². The Hall–Kier alpha value is -1.90. The maximum atomic E-state index is 8.52. The van der Waals surface area contributed by atoms with E-state index in [0.717, 1.165) is 11.1 Å². The van der Waals surface area contributed by atoms with Crippen molar-refractivity contribution in [2.24, 2.45) is 10.8 Å². The van der Waals surface area contributed by atoms with E-state index in [1.165, 1.54) is 0 Å². The molecule has 0 aliphatic heterocycles. The molecule has 0 fully saturated rings. The fourth-order valence-corrected chi connectivity index (χ4v) is 1.02. The zero-order chi connectivity index (χ0) is 11.8. The molecule has 0 aliphatic carbocycles. The van der Waals surface area contributed by atoms with Crippen molar-refractivity contribution in [2.45, 2.75) is 0 Å². The van der Waals surface area contributed by atoms with Gasteiger partial charge in [-0.15, -0.1) is 0 Å². The first-order chi connectivity index (χ1) is 7.72. The van der Waals surface area contributed by atoms with Gasteiger partial charge in [-0.05, 0) is 29.9 Å². The molecule has 0 amide bonds. The first kappa shape index (κ1) is 12.2. The van der Waals surface area contributed by atoms with Gasteiger partial charge in [0.15, 0.2) is 5.11 Å². The van der Waals surface area contributed by atoms with Gasteiger partial charge in [-0.3, -0.25) is 5.43 Å². The molecule has 1 aromatic rings.